The first kappa shape index (κ1) is 14.6. The Balaban J connectivity index is 1.98. The second-order valence-electron chi connectivity index (χ2n) is 4.57. The Morgan fingerprint density at radius 2 is 2.19 bits per heavy atom. The molecule has 1 heterocycles. The largest absolute Gasteiger partial charge is 0.480 e. The maximum atomic E-state index is 12.1. The van der Waals surface area contributed by atoms with Gasteiger partial charge in [0, 0.05) is 12.4 Å². The van der Waals surface area contributed by atoms with Gasteiger partial charge in [-0.05, 0) is 26.0 Å². The van der Waals surface area contributed by atoms with Crippen LogP contribution in [0.4, 0.5) is 0 Å². The van der Waals surface area contributed by atoms with Gasteiger partial charge in [-0.1, -0.05) is 12.1 Å². The highest BCUT2D eigenvalue weighted by Crippen LogP contribution is 2.18. The number of hydrogen-bond acceptors (Lipinski definition) is 4. The first-order valence-corrected chi connectivity index (χ1v) is 6.57. The summed E-state index contributed by atoms with van der Waals surface area (Å²) < 4.78 is 5.55. The van der Waals surface area contributed by atoms with Crippen molar-refractivity contribution in [1.29, 1.82) is 5.26 Å². The number of nitriles is 1. The zero-order chi connectivity index (χ0) is 15.2. The summed E-state index contributed by atoms with van der Waals surface area (Å²) in [6.07, 6.45) is 2.61. The van der Waals surface area contributed by atoms with E-state index in [4.69, 9.17) is 10.00 Å². The van der Waals surface area contributed by atoms with Crippen molar-refractivity contribution in [3.8, 4) is 11.8 Å². The monoisotopic (exact) mass is 284 g/mol. The molecular formula is C15H16N4O2. The standard InChI is InChI=1S/C15H16N4O2/c1-10(14-17-7-8-18-14)19-15(20)11(2)21-13-6-4-3-5-12(13)9-16/h3-8,10-11H,1-2H3,(H,17,18)(H,19,20). The van der Waals surface area contributed by atoms with Gasteiger partial charge in [-0.2, -0.15) is 5.26 Å². The second kappa shape index (κ2) is 6.57. The third-order valence-electron chi connectivity index (χ3n) is 2.97. The molecule has 2 rings (SSSR count). The van der Waals surface area contributed by atoms with E-state index in [1.807, 2.05) is 13.0 Å². The van der Waals surface area contributed by atoms with Gasteiger partial charge in [-0.15, -0.1) is 0 Å². The number of H-pyrrole nitrogens is 1. The van der Waals surface area contributed by atoms with E-state index in [9.17, 15) is 4.79 Å². The topological polar surface area (TPSA) is 90.8 Å². The maximum Gasteiger partial charge on any atom is 0.261 e. The molecule has 2 atom stereocenters. The Bertz CT molecular complexity index is 646. The van der Waals surface area contributed by atoms with Gasteiger partial charge in [0.2, 0.25) is 0 Å². The molecule has 6 heteroatoms. The van der Waals surface area contributed by atoms with Crippen LogP contribution in [0.5, 0.6) is 5.75 Å². The lowest BCUT2D eigenvalue weighted by atomic mass is 10.2. The number of ether oxygens (including phenoxy) is 1. The average molecular weight is 284 g/mol. The molecule has 108 valence electrons. The van der Waals surface area contributed by atoms with Gasteiger partial charge in [-0.25, -0.2) is 4.98 Å². The number of amides is 1. The minimum atomic E-state index is -0.711. The molecule has 0 saturated carbocycles. The summed E-state index contributed by atoms with van der Waals surface area (Å²) in [7, 11) is 0. The van der Waals surface area contributed by atoms with Gasteiger partial charge in [0.25, 0.3) is 5.91 Å². The third kappa shape index (κ3) is 3.60. The third-order valence-corrected chi connectivity index (χ3v) is 2.97. The molecular weight excluding hydrogens is 268 g/mol. The van der Waals surface area contributed by atoms with Crippen molar-refractivity contribution in [1.82, 2.24) is 15.3 Å². The normalized spacial score (nSPS) is 13.0. The zero-order valence-corrected chi connectivity index (χ0v) is 11.8. The lowest BCUT2D eigenvalue weighted by Crippen LogP contribution is -2.38. The summed E-state index contributed by atoms with van der Waals surface area (Å²) >= 11 is 0. The first-order chi connectivity index (χ1) is 10.1. The van der Waals surface area contributed by atoms with Gasteiger partial charge in [0.1, 0.15) is 17.6 Å². The fourth-order valence-corrected chi connectivity index (χ4v) is 1.82. The Hall–Kier alpha value is -2.81. The molecule has 0 radical (unpaired) electrons. The van der Waals surface area contributed by atoms with Crippen LogP contribution in [0, 0.1) is 11.3 Å². The number of aromatic nitrogens is 2. The SMILES string of the molecule is CC(Oc1ccccc1C#N)C(=O)NC(C)c1ncc[nH]1. The van der Waals surface area contributed by atoms with Crippen LogP contribution in [0.2, 0.25) is 0 Å². The molecule has 1 amide bonds. The van der Waals surface area contributed by atoms with Gasteiger partial charge in [0.05, 0.1) is 11.6 Å². The number of carbonyl (C=O) groups is 1. The number of nitrogens with one attached hydrogen (secondary N) is 2. The highest BCUT2D eigenvalue weighted by atomic mass is 16.5. The van der Waals surface area contributed by atoms with Crippen molar-refractivity contribution in [2.75, 3.05) is 0 Å². The van der Waals surface area contributed by atoms with E-state index in [1.165, 1.54) is 0 Å². The van der Waals surface area contributed by atoms with E-state index in [0.29, 0.717) is 17.1 Å². The zero-order valence-electron chi connectivity index (χ0n) is 11.8. The van der Waals surface area contributed by atoms with E-state index in [2.05, 4.69) is 15.3 Å². The molecule has 2 N–H and O–H groups in total. The molecule has 0 aliphatic heterocycles. The van der Waals surface area contributed by atoms with Crippen molar-refractivity contribution in [3.63, 3.8) is 0 Å². The summed E-state index contributed by atoms with van der Waals surface area (Å²) in [5.74, 6) is 0.799. The number of imidazole rings is 1. The van der Waals surface area contributed by atoms with E-state index in [0.717, 1.165) is 0 Å². The number of aromatic amines is 1. The lowest BCUT2D eigenvalue weighted by Gasteiger charge is -2.18. The molecule has 0 aliphatic rings. The number of hydrogen-bond donors (Lipinski definition) is 2. The van der Waals surface area contributed by atoms with Crippen LogP contribution in [0.15, 0.2) is 36.7 Å². The summed E-state index contributed by atoms with van der Waals surface area (Å²) in [6, 6.07) is 8.60. The van der Waals surface area contributed by atoms with Gasteiger partial charge < -0.3 is 15.0 Å². The fourth-order valence-electron chi connectivity index (χ4n) is 1.82. The average Bonchev–Trinajstić information content (AvgIpc) is 3.02. The van der Waals surface area contributed by atoms with E-state index in [-0.39, 0.29) is 11.9 Å². The van der Waals surface area contributed by atoms with Crippen LogP contribution in [-0.4, -0.2) is 22.0 Å². The number of rotatable bonds is 5. The highest BCUT2D eigenvalue weighted by molar-refractivity contribution is 5.81. The van der Waals surface area contributed by atoms with Crippen molar-refractivity contribution in [3.05, 3.63) is 48.0 Å². The van der Waals surface area contributed by atoms with Crippen LogP contribution in [0.1, 0.15) is 31.3 Å². The Kier molecular flexibility index (Phi) is 4.57. The van der Waals surface area contributed by atoms with Crippen molar-refractivity contribution in [2.24, 2.45) is 0 Å². The Labute approximate surface area is 122 Å². The molecule has 21 heavy (non-hydrogen) atoms. The van der Waals surface area contributed by atoms with E-state index >= 15 is 0 Å². The fraction of sp³-hybridized carbons (Fsp3) is 0.267. The van der Waals surface area contributed by atoms with Crippen LogP contribution >= 0.6 is 0 Å². The summed E-state index contributed by atoms with van der Waals surface area (Å²) in [5, 5.41) is 11.8. The summed E-state index contributed by atoms with van der Waals surface area (Å²) in [5.41, 5.74) is 0.399. The Morgan fingerprint density at radius 1 is 1.43 bits per heavy atom. The molecule has 2 unspecified atom stereocenters. The lowest BCUT2D eigenvalue weighted by molar-refractivity contribution is -0.128. The van der Waals surface area contributed by atoms with E-state index < -0.39 is 6.10 Å². The van der Waals surface area contributed by atoms with Crippen LogP contribution in [0.3, 0.4) is 0 Å². The number of benzene rings is 1. The highest BCUT2D eigenvalue weighted by Gasteiger charge is 2.19. The number of para-hydroxylation sites is 1. The van der Waals surface area contributed by atoms with Crippen LogP contribution in [-0.2, 0) is 4.79 Å². The van der Waals surface area contributed by atoms with Crippen LogP contribution < -0.4 is 10.1 Å². The number of carbonyl (C=O) groups excluding carboxylic acids is 1. The molecule has 0 aliphatic carbocycles. The summed E-state index contributed by atoms with van der Waals surface area (Å²) in [4.78, 5) is 19.1. The van der Waals surface area contributed by atoms with E-state index in [1.54, 1.807) is 43.6 Å². The molecule has 0 saturated heterocycles. The molecule has 6 nitrogen and oxygen atoms in total. The van der Waals surface area contributed by atoms with Crippen molar-refractivity contribution < 1.29 is 9.53 Å². The predicted octanol–water partition coefficient (Wildman–Crippen LogP) is 1.93. The molecule has 2 aromatic rings. The second-order valence-corrected chi connectivity index (χ2v) is 4.57. The van der Waals surface area contributed by atoms with Gasteiger partial charge >= 0.3 is 0 Å². The minimum absolute atomic E-state index is 0.246. The molecule has 0 spiro atoms. The van der Waals surface area contributed by atoms with Gasteiger partial charge in [-0.3, -0.25) is 4.79 Å². The smallest absolute Gasteiger partial charge is 0.261 e. The molecule has 0 bridgehead atoms. The quantitative estimate of drug-likeness (QED) is 0.877. The van der Waals surface area contributed by atoms with Crippen molar-refractivity contribution >= 4 is 5.91 Å². The molecule has 1 aromatic carbocycles. The molecule has 1 aromatic heterocycles. The van der Waals surface area contributed by atoms with Gasteiger partial charge in [0.15, 0.2) is 6.10 Å². The predicted molar refractivity (Wildman–Crippen MR) is 76.4 cm³/mol. The molecule has 0 fully saturated rings. The maximum absolute atomic E-state index is 12.1. The Morgan fingerprint density at radius 3 is 2.86 bits per heavy atom. The minimum Gasteiger partial charge on any atom is -0.480 e. The van der Waals surface area contributed by atoms with Crippen LogP contribution in [0.25, 0.3) is 0 Å². The number of nitrogens with zero attached hydrogens (tertiary/aromatic N) is 2. The first-order valence-electron chi connectivity index (χ1n) is 6.57. The van der Waals surface area contributed by atoms with Crippen molar-refractivity contribution in [2.45, 2.75) is 26.0 Å². The summed E-state index contributed by atoms with van der Waals surface area (Å²) in [6.45, 7) is 3.46.